The van der Waals surface area contributed by atoms with E-state index >= 15 is 0 Å². The summed E-state index contributed by atoms with van der Waals surface area (Å²) in [5.41, 5.74) is 6.06. The van der Waals surface area contributed by atoms with Gasteiger partial charge in [0.05, 0.1) is 24.1 Å². The van der Waals surface area contributed by atoms with Crippen molar-refractivity contribution in [3.05, 3.63) is 64.7 Å². The van der Waals surface area contributed by atoms with Gasteiger partial charge in [-0.1, -0.05) is 47.7 Å². The van der Waals surface area contributed by atoms with Gasteiger partial charge < -0.3 is 4.90 Å². The summed E-state index contributed by atoms with van der Waals surface area (Å²) in [6.07, 6.45) is 0. The maximum Gasteiger partial charge on any atom is 0.164 e. The van der Waals surface area contributed by atoms with Crippen LogP contribution in [-0.2, 0) is 16.4 Å². The van der Waals surface area contributed by atoms with Crippen LogP contribution in [0, 0.1) is 20.8 Å². The highest BCUT2D eigenvalue weighted by Gasteiger charge is 2.44. The monoisotopic (exact) mass is 400 g/mol. The Morgan fingerprint density at radius 1 is 1.07 bits per heavy atom. The number of anilines is 1. The van der Waals surface area contributed by atoms with Crippen molar-refractivity contribution in [2.24, 2.45) is 4.99 Å². The van der Waals surface area contributed by atoms with Crippen molar-refractivity contribution in [2.75, 3.05) is 16.4 Å². The molecule has 4 nitrogen and oxygen atoms in total. The number of benzene rings is 2. The van der Waals surface area contributed by atoms with E-state index in [-0.39, 0.29) is 22.8 Å². The van der Waals surface area contributed by atoms with Gasteiger partial charge in [0, 0.05) is 10.9 Å². The number of hydrogen-bond donors (Lipinski definition) is 0. The summed E-state index contributed by atoms with van der Waals surface area (Å²) >= 11 is 1.62. The lowest BCUT2D eigenvalue weighted by Gasteiger charge is -2.26. The van der Waals surface area contributed by atoms with Crippen LogP contribution in [0.3, 0.4) is 0 Å². The standard InChI is InChI=1S/C21H24N2O2S2/c1-14-5-4-6-18(10-14)23(11-17-9-15(2)7-8-16(17)3)21-22-19-12-27(24,25)13-20(19)26-21/h4-10,19-20H,11-13H2,1-3H3/t19-,20-/m1/s1. The Morgan fingerprint density at radius 3 is 2.59 bits per heavy atom. The molecule has 27 heavy (non-hydrogen) atoms. The van der Waals surface area contributed by atoms with Gasteiger partial charge in [0.1, 0.15) is 0 Å². The highest BCUT2D eigenvalue weighted by atomic mass is 32.2. The molecule has 0 radical (unpaired) electrons. The smallest absolute Gasteiger partial charge is 0.164 e. The maximum atomic E-state index is 11.9. The molecule has 2 aliphatic heterocycles. The van der Waals surface area contributed by atoms with Crippen LogP contribution in [-0.4, -0.2) is 36.4 Å². The maximum absolute atomic E-state index is 11.9. The van der Waals surface area contributed by atoms with E-state index in [1.807, 2.05) is 0 Å². The molecular formula is C21H24N2O2S2. The summed E-state index contributed by atoms with van der Waals surface area (Å²) in [4.78, 5) is 7.07. The fourth-order valence-corrected chi connectivity index (χ4v) is 7.46. The topological polar surface area (TPSA) is 49.7 Å². The summed E-state index contributed by atoms with van der Waals surface area (Å²) in [6.45, 7) is 7.06. The van der Waals surface area contributed by atoms with Gasteiger partial charge in [-0.25, -0.2) is 8.42 Å². The zero-order valence-electron chi connectivity index (χ0n) is 15.8. The Bertz CT molecular complexity index is 1010. The van der Waals surface area contributed by atoms with E-state index in [0.29, 0.717) is 0 Å². The molecule has 142 valence electrons. The zero-order chi connectivity index (χ0) is 19.2. The Balaban J connectivity index is 1.70. The summed E-state index contributed by atoms with van der Waals surface area (Å²) in [5.74, 6) is 0.416. The SMILES string of the molecule is Cc1cccc(N(Cc2cc(C)ccc2C)C2=N[C@@H]3CS(=O)(=O)C[C@H]3S2)c1. The Labute approximate surface area is 165 Å². The van der Waals surface area contributed by atoms with Gasteiger partial charge in [0.2, 0.25) is 0 Å². The third-order valence-electron chi connectivity index (χ3n) is 5.18. The van der Waals surface area contributed by atoms with Crippen LogP contribution in [0.5, 0.6) is 0 Å². The predicted octanol–water partition coefficient (Wildman–Crippen LogP) is 3.89. The molecule has 0 aromatic heterocycles. The van der Waals surface area contributed by atoms with Crippen molar-refractivity contribution in [3.8, 4) is 0 Å². The quantitative estimate of drug-likeness (QED) is 0.784. The van der Waals surface area contributed by atoms with E-state index in [0.717, 1.165) is 17.4 Å². The number of fused-ring (bicyclic) bond motifs is 1. The number of aryl methyl sites for hydroxylation is 3. The Morgan fingerprint density at radius 2 is 1.85 bits per heavy atom. The minimum atomic E-state index is -2.94. The molecule has 0 N–H and O–H groups in total. The summed E-state index contributed by atoms with van der Waals surface area (Å²) in [7, 11) is -2.94. The lowest BCUT2D eigenvalue weighted by Crippen LogP contribution is -2.28. The van der Waals surface area contributed by atoms with Crippen LogP contribution in [0.2, 0.25) is 0 Å². The molecule has 1 saturated heterocycles. The lowest BCUT2D eigenvalue weighted by molar-refractivity contribution is 0.601. The lowest BCUT2D eigenvalue weighted by atomic mass is 10.0. The van der Waals surface area contributed by atoms with Crippen LogP contribution in [0.4, 0.5) is 5.69 Å². The number of amidine groups is 1. The molecule has 2 aromatic rings. The molecule has 0 unspecified atom stereocenters. The summed E-state index contributed by atoms with van der Waals surface area (Å²) < 4.78 is 23.8. The Kier molecular flexibility index (Phi) is 4.80. The first-order valence-electron chi connectivity index (χ1n) is 9.16. The molecule has 0 aliphatic carbocycles. The molecule has 4 rings (SSSR count). The first-order valence-corrected chi connectivity index (χ1v) is 11.9. The molecule has 6 heteroatoms. The number of nitrogens with zero attached hydrogens (tertiary/aromatic N) is 2. The highest BCUT2D eigenvalue weighted by Crippen LogP contribution is 2.37. The summed E-state index contributed by atoms with van der Waals surface area (Å²) in [6, 6.07) is 14.8. The molecule has 1 fully saturated rings. The summed E-state index contributed by atoms with van der Waals surface area (Å²) in [5, 5.41) is 0.988. The highest BCUT2D eigenvalue weighted by molar-refractivity contribution is 8.15. The van der Waals surface area contributed by atoms with E-state index in [4.69, 9.17) is 4.99 Å². The van der Waals surface area contributed by atoms with E-state index in [1.54, 1.807) is 11.8 Å². The van der Waals surface area contributed by atoms with Gasteiger partial charge >= 0.3 is 0 Å². The second kappa shape index (κ2) is 6.99. The third kappa shape index (κ3) is 3.92. The molecule has 0 spiro atoms. The van der Waals surface area contributed by atoms with Gasteiger partial charge in [-0.3, -0.25) is 4.99 Å². The predicted molar refractivity (Wildman–Crippen MR) is 115 cm³/mol. The van der Waals surface area contributed by atoms with Crippen LogP contribution in [0.15, 0.2) is 47.5 Å². The minimum Gasteiger partial charge on any atom is -0.317 e. The normalized spacial score (nSPS) is 23.1. The number of aliphatic imine (C=N–C) groups is 1. The van der Waals surface area contributed by atoms with E-state index in [2.05, 4.69) is 68.1 Å². The second-order valence-corrected chi connectivity index (χ2v) is 10.9. The molecule has 2 aromatic carbocycles. The zero-order valence-corrected chi connectivity index (χ0v) is 17.5. The first kappa shape index (κ1) is 18.6. The molecular weight excluding hydrogens is 376 g/mol. The average molecular weight is 401 g/mol. The van der Waals surface area contributed by atoms with Crippen molar-refractivity contribution in [3.63, 3.8) is 0 Å². The van der Waals surface area contributed by atoms with Crippen molar-refractivity contribution in [1.82, 2.24) is 0 Å². The van der Waals surface area contributed by atoms with Gasteiger partial charge in [0.15, 0.2) is 15.0 Å². The first-order chi connectivity index (χ1) is 12.8. The number of rotatable bonds is 3. The van der Waals surface area contributed by atoms with Gasteiger partial charge in [-0.2, -0.15) is 0 Å². The van der Waals surface area contributed by atoms with Gasteiger partial charge in [0.25, 0.3) is 0 Å². The minimum absolute atomic E-state index is 0.0518. The third-order valence-corrected chi connectivity index (χ3v) is 8.43. The van der Waals surface area contributed by atoms with Crippen LogP contribution in [0.25, 0.3) is 0 Å². The molecule has 2 aliphatic rings. The van der Waals surface area contributed by atoms with Crippen LogP contribution >= 0.6 is 11.8 Å². The van der Waals surface area contributed by atoms with Gasteiger partial charge in [-0.15, -0.1) is 0 Å². The number of sulfone groups is 1. The molecule has 2 heterocycles. The number of hydrogen-bond acceptors (Lipinski definition) is 5. The van der Waals surface area contributed by atoms with Crippen molar-refractivity contribution >= 4 is 32.5 Å². The molecule has 0 bridgehead atoms. The second-order valence-electron chi connectivity index (χ2n) is 7.57. The Hall–Kier alpha value is -1.79. The van der Waals surface area contributed by atoms with Crippen molar-refractivity contribution in [1.29, 1.82) is 0 Å². The van der Waals surface area contributed by atoms with Crippen molar-refractivity contribution in [2.45, 2.75) is 38.6 Å². The number of thioether (sulfide) groups is 1. The van der Waals surface area contributed by atoms with Crippen LogP contribution in [0.1, 0.15) is 22.3 Å². The fourth-order valence-electron chi connectivity index (χ4n) is 3.68. The average Bonchev–Trinajstić information content (AvgIpc) is 3.09. The van der Waals surface area contributed by atoms with Crippen LogP contribution < -0.4 is 4.90 Å². The van der Waals surface area contributed by atoms with E-state index < -0.39 is 9.84 Å². The molecule has 2 atom stereocenters. The van der Waals surface area contributed by atoms with E-state index in [9.17, 15) is 8.42 Å². The van der Waals surface area contributed by atoms with E-state index in [1.165, 1.54) is 22.3 Å². The van der Waals surface area contributed by atoms with Crippen molar-refractivity contribution < 1.29 is 8.42 Å². The fraction of sp³-hybridized carbons (Fsp3) is 0.381. The molecule has 0 saturated carbocycles. The van der Waals surface area contributed by atoms with Gasteiger partial charge in [-0.05, 0) is 49.6 Å². The largest absolute Gasteiger partial charge is 0.317 e. The molecule has 0 amide bonds.